The number of aromatic nitrogens is 2. The summed E-state index contributed by atoms with van der Waals surface area (Å²) in [7, 11) is 0. The van der Waals surface area contributed by atoms with Gasteiger partial charge < -0.3 is 5.73 Å². The molecule has 1 aromatic heterocycles. The second-order valence-corrected chi connectivity index (χ2v) is 4.63. The fourth-order valence-corrected chi connectivity index (χ4v) is 2.12. The van der Waals surface area contributed by atoms with Gasteiger partial charge in [-0.25, -0.2) is 4.39 Å². The SMILES string of the molecule is CCn1nccc1C(N)c1ccc(Br)cc1F. The maximum absolute atomic E-state index is 13.8. The molecule has 0 radical (unpaired) electrons. The minimum atomic E-state index is -0.495. The van der Waals surface area contributed by atoms with Gasteiger partial charge >= 0.3 is 0 Å². The first-order chi connectivity index (χ1) is 8.13. The van der Waals surface area contributed by atoms with Gasteiger partial charge in [0.1, 0.15) is 5.82 Å². The third-order valence-corrected chi connectivity index (χ3v) is 3.16. The topological polar surface area (TPSA) is 43.8 Å². The predicted molar refractivity (Wildman–Crippen MR) is 68.0 cm³/mol. The molecule has 0 aliphatic carbocycles. The van der Waals surface area contributed by atoms with Crippen LogP contribution >= 0.6 is 15.9 Å². The summed E-state index contributed by atoms with van der Waals surface area (Å²) in [5, 5.41) is 4.13. The molecule has 2 rings (SSSR count). The standard InChI is InChI=1S/C12H13BrFN3/c1-2-17-11(5-6-16-17)12(15)9-4-3-8(13)7-10(9)14/h3-7,12H,2,15H2,1H3. The van der Waals surface area contributed by atoms with Gasteiger partial charge in [-0.1, -0.05) is 22.0 Å². The molecular formula is C12H13BrFN3. The van der Waals surface area contributed by atoms with Gasteiger partial charge in [0.15, 0.2) is 0 Å². The van der Waals surface area contributed by atoms with Crippen molar-refractivity contribution in [3.63, 3.8) is 0 Å². The minimum absolute atomic E-state index is 0.310. The molecule has 5 heteroatoms. The van der Waals surface area contributed by atoms with Crippen molar-refractivity contribution >= 4 is 15.9 Å². The summed E-state index contributed by atoms with van der Waals surface area (Å²) in [6.07, 6.45) is 1.68. The first-order valence-corrected chi connectivity index (χ1v) is 6.15. The maximum atomic E-state index is 13.8. The average molecular weight is 298 g/mol. The highest BCUT2D eigenvalue weighted by atomic mass is 79.9. The molecular weight excluding hydrogens is 285 g/mol. The fourth-order valence-electron chi connectivity index (χ4n) is 1.78. The average Bonchev–Trinajstić information content (AvgIpc) is 2.76. The van der Waals surface area contributed by atoms with Crippen molar-refractivity contribution in [1.82, 2.24) is 9.78 Å². The molecule has 0 aliphatic rings. The van der Waals surface area contributed by atoms with Crippen LogP contribution in [0.15, 0.2) is 34.9 Å². The number of hydrogen-bond acceptors (Lipinski definition) is 2. The Hall–Kier alpha value is -1.20. The summed E-state index contributed by atoms with van der Waals surface area (Å²) in [4.78, 5) is 0. The van der Waals surface area contributed by atoms with E-state index in [1.807, 2.05) is 13.0 Å². The van der Waals surface area contributed by atoms with E-state index in [1.54, 1.807) is 23.0 Å². The second kappa shape index (κ2) is 4.98. The fraction of sp³-hybridized carbons (Fsp3) is 0.250. The number of nitrogens with two attached hydrogens (primary N) is 1. The largest absolute Gasteiger partial charge is 0.319 e. The van der Waals surface area contributed by atoms with Crippen molar-refractivity contribution in [3.8, 4) is 0 Å². The molecule has 2 aromatic rings. The molecule has 1 heterocycles. The van der Waals surface area contributed by atoms with Crippen LogP contribution in [0.25, 0.3) is 0 Å². The number of benzene rings is 1. The third-order valence-electron chi connectivity index (χ3n) is 2.67. The Balaban J connectivity index is 2.40. The molecule has 1 unspecified atom stereocenters. The molecule has 0 saturated carbocycles. The zero-order chi connectivity index (χ0) is 12.4. The van der Waals surface area contributed by atoms with E-state index < -0.39 is 6.04 Å². The summed E-state index contributed by atoms with van der Waals surface area (Å²) in [6.45, 7) is 2.69. The van der Waals surface area contributed by atoms with E-state index in [-0.39, 0.29) is 5.82 Å². The van der Waals surface area contributed by atoms with Gasteiger partial charge in [0.05, 0.1) is 11.7 Å². The van der Waals surface area contributed by atoms with Crippen molar-refractivity contribution in [1.29, 1.82) is 0 Å². The van der Waals surface area contributed by atoms with Crippen molar-refractivity contribution in [2.24, 2.45) is 5.73 Å². The summed E-state index contributed by atoms with van der Waals surface area (Å²) in [5.41, 5.74) is 7.36. The lowest BCUT2D eigenvalue weighted by atomic mass is 10.0. The summed E-state index contributed by atoms with van der Waals surface area (Å²) >= 11 is 3.22. The quantitative estimate of drug-likeness (QED) is 0.947. The van der Waals surface area contributed by atoms with Crippen LogP contribution in [0.4, 0.5) is 4.39 Å². The van der Waals surface area contributed by atoms with E-state index in [1.165, 1.54) is 6.07 Å². The molecule has 2 N–H and O–H groups in total. The van der Waals surface area contributed by atoms with Crippen LogP contribution in [-0.4, -0.2) is 9.78 Å². The number of nitrogens with zero attached hydrogens (tertiary/aromatic N) is 2. The lowest BCUT2D eigenvalue weighted by Crippen LogP contribution is -2.18. The number of rotatable bonds is 3. The van der Waals surface area contributed by atoms with Gasteiger partial charge in [-0.05, 0) is 25.1 Å². The van der Waals surface area contributed by atoms with Gasteiger partial charge in [0, 0.05) is 22.8 Å². The lowest BCUT2D eigenvalue weighted by Gasteiger charge is -2.14. The molecule has 0 amide bonds. The number of hydrogen-bond donors (Lipinski definition) is 1. The Morgan fingerprint density at radius 3 is 2.88 bits per heavy atom. The van der Waals surface area contributed by atoms with Gasteiger partial charge in [-0.3, -0.25) is 4.68 Å². The Bertz CT molecular complexity index is 524. The molecule has 3 nitrogen and oxygen atoms in total. The van der Waals surface area contributed by atoms with Gasteiger partial charge in [-0.15, -0.1) is 0 Å². The molecule has 0 saturated heterocycles. The summed E-state index contributed by atoms with van der Waals surface area (Å²) in [5.74, 6) is -0.310. The predicted octanol–water partition coefficient (Wildman–Crippen LogP) is 2.85. The Kier molecular flexibility index (Phi) is 3.59. The van der Waals surface area contributed by atoms with Crippen LogP contribution < -0.4 is 5.73 Å². The molecule has 0 aliphatic heterocycles. The molecule has 1 atom stereocenters. The van der Waals surface area contributed by atoms with Crippen molar-refractivity contribution < 1.29 is 4.39 Å². The van der Waals surface area contributed by atoms with Gasteiger partial charge in [0.2, 0.25) is 0 Å². The Morgan fingerprint density at radius 2 is 2.24 bits per heavy atom. The zero-order valence-electron chi connectivity index (χ0n) is 9.40. The normalized spacial score (nSPS) is 12.7. The highest BCUT2D eigenvalue weighted by Gasteiger charge is 2.17. The summed E-state index contributed by atoms with van der Waals surface area (Å²) in [6, 6.07) is 6.21. The Morgan fingerprint density at radius 1 is 1.47 bits per heavy atom. The van der Waals surface area contributed by atoms with Crippen LogP contribution in [-0.2, 0) is 6.54 Å². The second-order valence-electron chi connectivity index (χ2n) is 3.72. The van der Waals surface area contributed by atoms with Crippen molar-refractivity contribution in [3.05, 3.63) is 52.0 Å². The van der Waals surface area contributed by atoms with E-state index >= 15 is 0 Å². The minimum Gasteiger partial charge on any atom is -0.319 e. The highest BCUT2D eigenvalue weighted by Crippen LogP contribution is 2.24. The first-order valence-electron chi connectivity index (χ1n) is 5.35. The van der Waals surface area contributed by atoms with Crippen LogP contribution in [0, 0.1) is 5.82 Å². The number of halogens is 2. The van der Waals surface area contributed by atoms with Crippen LogP contribution in [0.1, 0.15) is 24.2 Å². The zero-order valence-corrected chi connectivity index (χ0v) is 11.0. The lowest BCUT2D eigenvalue weighted by molar-refractivity contribution is 0.567. The van der Waals surface area contributed by atoms with E-state index in [9.17, 15) is 4.39 Å². The molecule has 0 fully saturated rings. The van der Waals surface area contributed by atoms with E-state index in [0.717, 1.165) is 5.69 Å². The van der Waals surface area contributed by atoms with E-state index in [4.69, 9.17) is 5.73 Å². The molecule has 0 spiro atoms. The summed E-state index contributed by atoms with van der Waals surface area (Å²) < 4.78 is 16.3. The van der Waals surface area contributed by atoms with Crippen molar-refractivity contribution in [2.75, 3.05) is 0 Å². The van der Waals surface area contributed by atoms with Gasteiger partial charge in [0.25, 0.3) is 0 Å². The monoisotopic (exact) mass is 297 g/mol. The smallest absolute Gasteiger partial charge is 0.129 e. The van der Waals surface area contributed by atoms with Crippen LogP contribution in [0.2, 0.25) is 0 Å². The molecule has 90 valence electrons. The van der Waals surface area contributed by atoms with Crippen molar-refractivity contribution in [2.45, 2.75) is 19.5 Å². The van der Waals surface area contributed by atoms with Crippen LogP contribution in [0.3, 0.4) is 0 Å². The Labute approximate surface area is 108 Å². The molecule has 17 heavy (non-hydrogen) atoms. The number of aryl methyl sites for hydroxylation is 1. The first kappa shape index (κ1) is 12.3. The van der Waals surface area contributed by atoms with Crippen LogP contribution in [0.5, 0.6) is 0 Å². The maximum Gasteiger partial charge on any atom is 0.129 e. The van der Waals surface area contributed by atoms with E-state index in [2.05, 4.69) is 21.0 Å². The van der Waals surface area contributed by atoms with E-state index in [0.29, 0.717) is 16.6 Å². The third kappa shape index (κ3) is 2.40. The highest BCUT2D eigenvalue weighted by molar-refractivity contribution is 9.10. The molecule has 0 bridgehead atoms. The molecule has 1 aromatic carbocycles. The van der Waals surface area contributed by atoms with Gasteiger partial charge in [-0.2, -0.15) is 5.10 Å².